The number of hydrogen-bond acceptors (Lipinski definition) is 1. The molecule has 1 aromatic rings. The first-order valence-corrected chi connectivity index (χ1v) is 5.86. The van der Waals surface area contributed by atoms with Crippen molar-refractivity contribution in [1.29, 1.82) is 0 Å². The van der Waals surface area contributed by atoms with Crippen LogP contribution in [0.2, 0.25) is 0 Å². The van der Waals surface area contributed by atoms with Crippen molar-refractivity contribution in [2.24, 2.45) is 0 Å². The molecule has 0 saturated carbocycles. The van der Waals surface area contributed by atoms with Gasteiger partial charge in [-0.2, -0.15) is 5.56 Å². The summed E-state index contributed by atoms with van der Waals surface area (Å²) in [7, 11) is 0. The molecule has 1 heterocycles. The Hall–Kier alpha value is 0.0839. The number of hydrogen-bond donors (Lipinski definition) is 1. The standard InChI is InChI=1S/C13H13BrN.Y/c1-9-3-5-11(6-4-9)13-8-7-12(14)10(2)15-13;/h3-6,12,15H,2,7H2,1H3;/q-1;. The molecule has 0 spiro atoms. The van der Waals surface area contributed by atoms with E-state index >= 15 is 0 Å². The number of benzene rings is 1. The van der Waals surface area contributed by atoms with Crippen LogP contribution in [0, 0.1) is 13.0 Å². The van der Waals surface area contributed by atoms with E-state index in [1.54, 1.807) is 0 Å². The number of rotatable bonds is 1. The fraction of sp³-hybridized carbons (Fsp3) is 0.231. The Kier molecular flexibility index (Phi) is 5.42. The summed E-state index contributed by atoms with van der Waals surface area (Å²) in [5, 5.41) is 3.27. The van der Waals surface area contributed by atoms with Gasteiger partial charge in [-0.3, -0.25) is 0 Å². The van der Waals surface area contributed by atoms with Gasteiger partial charge >= 0.3 is 0 Å². The molecule has 2 rings (SSSR count). The minimum atomic E-state index is 0. The first kappa shape index (κ1) is 14.1. The van der Waals surface area contributed by atoms with Crippen LogP contribution in [0.1, 0.15) is 17.5 Å². The van der Waals surface area contributed by atoms with Gasteiger partial charge in [-0.15, -0.1) is 17.8 Å². The average Bonchev–Trinajstić information content (AvgIpc) is 2.23. The predicted molar refractivity (Wildman–Crippen MR) is 67.4 cm³/mol. The van der Waals surface area contributed by atoms with E-state index in [1.165, 1.54) is 11.1 Å². The summed E-state index contributed by atoms with van der Waals surface area (Å²) in [6, 6.07) is 8.42. The molecule has 1 radical (unpaired) electrons. The fourth-order valence-corrected chi connectivity index (χ4v) is 1.77. The molecule has 0 amide bonds. The second-order valence-electron chi connectivity index (χ2n) is 3.74. The van der Waals surface area contributed by atoms with E-state index in [9.17, 15) is 0 Å². The fourth-order valence-electron chi connectivity index (χ4n) is 1.49. The Morgan fingerprint density at radius 3 is 2.56 bits per heavy atom. The van der Waals surface area contributed by atoms with E-state index in [2.05, 4.69) is 65.1 Å². The van der Waals surface area contributed by atoms with E-state index in [4.69, 9.17) is 0 Å². The zero-order valence-electron chi connectivity index (χ0n) is 9.26. The molecule has 0 saturated heterocycles. The molecule has 1 aliphatic heterocycles. The van der Waals surface area contributed by atoms with Crippen molar-refractivity contribution in [2.75, 3.05) is 0 Å². The SMILES string of the molecule is C=C1NC(c2ccc(C)cc2)=[C-]CC1Br.[Y]. The molecule has 1 unspecified atom stereocenters. The molecule has 1 aliphatic rings. The van der Waals surface area contributed by atoms with Crippen LogP contribution in [0.3, 0.4) is 0 Å². The summed E-state index contributed by atoms with van der Waals surface area (Å²) in [5.41, 5.74) is 4.48. The molecule has 1 nitrogen and oxygen atoms in total. The van der Waals surface area contributed by atoms with Crippen molar-refractivity contribution >= 4 is 21.6 Å². The number of nitrogens with one attached hydrogen (secondary N) is 1. The molecule has 3 heteroatoms. The summed E-state index contributed by atoms with van der Waals surface area (Å²) in [4.78, 5) is 0.298. The van der Waals surface area contributed by atoms with Gasteiger partial charge in [0.15, 0.2) is 0 Å². The second kappa shape index (κ2) is 6.13. The second-order valence-corrected chi connectivity index (χ2v) is 4.85. The molecule has 0 fully saturated rings. The van der Waals surface area contributed by atoms with Gasteiger partial charge in [0.2, 0.25) is 0 Å². The molecular weight excluding hydrogens is 339 g/mol. The third-order valence-corrected chi connectivity index (χ3v) is 3.34. The zero-order chi connectivity index (χ0) is 10.8. The molecule has 81 valence electrons. The van der Waals surface area contributed by atoms with Gasteiger partial charge in [-0.1, -0.05) is 46.6 Å². The van der Waals surface area contributed by atoms with Gasteiger partial charge in [0, 0.05) is 43.2 Å². The van der Waals surface area contributed by atoms with Crippen LogP contribution < -0.4 is 5.32 Å². The summed E-state index contributed by atoms with van der Waals surface area (Å²) in [6.07, 6.45) is 4.20. The van der Waals surface area contributed by atoms with Gasteiger partial charge in [0.25, 0.3) is 0 Å². The number of aryl methyl sites for hydroxylation is 1. The molecule has 0 aromatic heterocycles. The van der Waals surface area contributed by atoms with E-state index in [0.717, 1.165) is 17.8 Å². The van der Waals surface area contributed by atoms with Crippen LogP contribution in [-0.2, 0) is 32.7 Å². The van der Waals surface area contributed by atoms with Crippen molar-refractivity contribution in [3.05, 3.63) is 53.7 Å². The summed E-state index contributed by atoms with van der Waals surface area (Å²) in [5.74, 6) is 0. The quantitative estimate of drug-likeness (QED) is 0.604. The molecule has 0 aliphatic carbocycles. The van der Waals surface area contributed by atoms with Gasteiger partial charge < -0.3 is 5.32 Å². The Morgan fingerprint density at radius 2 is 2.00 bits per heavy atom. The van der Waals surface area contributed by atoms with E-state index in [1.807, 2.05) is 0 Å². The minimum absolute atomic E-state index is 0. The van der Waals surface area contributed by atoms with Crippen molar-refractivity contribution in [2.45, 2.75) is 18.2 Å². The van der Waals surface area contributed by atoms with Crippen molar-refractivity contribution in [3.8, 4) is 0 Å². The zero-order valence-corrected chi connectivity index (χ0v) is 13.7. The Balaban J connectivity index is 0.00000128. The normalized spacial score (nSPS) is 19.5. The Labute approximate surface area is 130 Å². The summed E-state index contributed by atoms with van der Waals surface area (Å²) >= 11 is 3.53. The molecule has 1 N–H and O–H groups in total. The largest absolute Gasteiger partial charge is 0.393 e. The maximum Gasteiger partial charge on any atom is 0.0415 e. The van der Waals surface area contributed by atoms with Crippen LogP contribution in [0.4, 0.5) is 0 Å². The topological polar surface area (TPSA) is 12.0 Å². The van der Waals surface area contributed by atoms with E-state index in [-0.39, 0.29) is 32.7 Å². The number of alkyl halides is 1. The smallest absolute Gasteiger partial charge is 0.0415 e. The van der Waals surface area contributed by atoms with Crippen molar-refractivity contribution in [3.63, 3.8) is 0 Å². The van der Waals surface area contributed by atoms with Crippen molar-refractivity contribution in [1.82, 2.24) is 5.32 Å². The number of allylic oxidation sites excluding steroid dienone is 2. The van der Waals surface area contributed by atoms with Crippen LogP contribution in [0.15, 0.2) is 36.5 Å². The molecule has 1 aromatic carbocycles. The third kappa shape index (κ3) is 3.29. The summed E-state index contributed by atoms with van der Waals surface area (Å²) < 4.78 is 0. The van der Waals surface area contributed by atoms with E-state index < -0.39 is 0 Å². The van der Waals surface area contributed by atoms with Gasteiger partial charge in [0.1, 0.15) is 0 Å². The van der Waals surface area contributed by atoms with Crippen LogP contribution in [-0.4, -0.2) is 4.83 Å². The predicted octanol–water partition coefficient (Wildman–Crippen LogP) is 3.41. The number of halogens is 1. The van der Waals surface area contributed by atoms with Gasteiger partial charge in [0.05, 0.1) is 0 Å². The van der Waals surface area contributed by atoms with Crippen LogP contribution in [0.5, 0.6) is 0 Å². The Morgan fingerprint density at radius 1 is 1.38 bits per heavy atom. The van der Waals surface area contributed by atoms with Crippen LogP contribution >= 0.6 is 15.9 Å². The van der Waals surface area contributed by atoms with E-state index in [0.29, 0.717) is 4.83 Å². The minimum Gasteiger partial charge on any atom is -0.393 e. The van der Waals surface area contributed by atoms with Gasteiger partial charge in [-0.05, 0) is 6.92 Å². The first-order chi connectivity index (χ1) is 7.16. The van der Waals surface area contributed by atoms with Crippen LogP contribution in [0.25, 0.3) is 5.70 Å². The molecule has 1 atom stereocenters. The average molecular weight is 352 g/mol. The Bertz CT molecular complexity index is 408. The molecule has 0 bridgehead atoms. The third-order valence-electron chi connectivity index (χ3n) is 2.46. The summed E-state index contributed by atoms with van der Waals surface area (Å²) in [6.45, 7) is 6.06. The molecular formula is C13H13BrNY-. The maximum atomic E-state index is 3.97. The van der Waals surface area contributed by atoms with Crippen molar-refractivity contribution < 1.29 is 32.7 Å². The maximum absolute atomic E-state index is 3.97. The molecule has 16 heavy (non-hydrogen) atoms. The first-order valence-electron chi connectivity index (χ1n) is 4.94. The monoisotopic (exact) mass is 351 g/mol. The van der Waals surface area contributed by atoms with Gasteiger partial charge in [-0.25, -0.2) is 6.08 Å².